The van der Waals surface area contributed by atoms with Gasteiger partial charge in [-0.1, -0.05) is 13.8 Å². The molecule has 0 bridgehead atoms. The van der Waals surface area contributed by atoms with Crippen molar-refractivity contribution in [1.82, 2.24) is 14.6 Å². The Morgan fingerprint density at radius 1 is 1.38 bits per heavy atom. The molecule has 2 N–H and O–H groups in total. The Labute approximate surface area is 141 Å². The number of aliphatic carboxylic acids is 1. The summed E-state index contributed by atoms with van der Waals surface area (Å²) in [5.41, 5.74) is 0. The zero-order valence-corrected chi connectivity index (χ0v) is 14.8. The van der Waals surface area contributed by atoms with Crippen LogP contribution in [0.1, 0.15) is 20.3 Å². The maximum absolute atomic E-state index is 12.3. The van der Waals surface area contributed by atoms with Crippen LogP contribution in [-0.4, -0.2) is 54.8 Å². The number of sulfonamides is 1. The molecule has 0 spiro atoms. The number of nitrogens with one attached hydrogen (secondary N) is 1. The Morgan fingerprint density at radius 2 is 2.04 bits per heavy atom. The van der Waals surface area contributed by atoms with Crippen LogP contribution in [0.25, 0.3) is 0 Å². The van der Waals surface area contributed by atoms with E-state index < -0.39 is 34.4 Å². The van der Waals surface area contributed by atoms with E-state index in [4.69, 9.17) is 5.11 Å². The number of nitrogens with zero attached hydrogens (tertiary/aromatic N) is 2. The van der Waals surface area contributed by atoms with Gasteiger partial charge in [0.15, 0.2) is 0 Å². The van der Waals surface area contributed by atoms with Crippen molar-refractivity contribution in [1.29, 1.82) is 0 Å². The largest absolute Gasteiger partial charge is 0.481 e. The van der Waals surface area contributed by atoms with Crippen LogP contribution in [0.15, 0.2) is 29.4 Å². The summed E-state index contributed by atoms with van der Waals surface area (Å²) in [4.78, 5) is 26.8. The first-order valence-corrected chi connectivity index (χ1v) is 8.94. The molecule has 1 amide bonds. The van der Waals surface area contributed by atoms with Gasteiger partial charge < -0.3 is 10.4 Å². The van der Waals surface area contributed by atoms with E-state index in [1.54, 1.807) is 0 Å². The number of carboxylic acid groups (broad SMARTS) is 1. The molecule has 134 valence electrons. The summed E-state index contributed by atoms with van der Waals surface area (Å²) >= 11 is 0. The lowest BCUT2D eigenvalue weighted by molar-refractivity contribution is -0.142. The lowest BCUT2D eigenvalue weighted by Gasteiger charge is -2.18. The van der Waals surface area contributed by atoms with Crippen LogP contribution < -0.4 is 5.32 Å². The van der Waals surface area contributed by atoms with E-state index in [0.717, 1.165) is 4.31 Å². The number of likely N-dealkylation sites (N-methyl/N-ethyl adjacent to an activating group) is 1. The molecule has 1 aromatic heterocycles. The van der Waals surface area contributed by atoms with Gasteiger partial charge in [0.05, 0.1) is 12.5 Å². The summed E-state index contributed by atoms with van der Waals surface area (Å²) in [7, 11) is -2.53. The highest BCUT2D eigenvalue weighted by Crippen LogP contribution is 2.13. The van der Waals surface area contributed by atoms with Crippen LogP contribution in [0.4, 0.5) is 0 Å². The van der Waals surface area contributed by atoms with Crippen LogP contribution >= 0.6 is 0 Å². The van der Waals surface area contributed by atoms with Crippen molar-refractivity contribution in [2.24, 2.45) is 11.8 Å². The number of pyridine rings is 1. The third kappa shape index (κ3) is 5.89. The quantitative estimate of drug-likeness (QED) is 0.667. The lowest BCUT2D eigenvalue weighted by atomic mass is 9.97. The highest BCUT2D eigenvalue weighted by molar-refractivity contribution is 7.89. The van der Waals surface area contributed by atoms with Gasteiger partial charge >= 0.3 is 5.97 Å². The van der Waals surface area contributed by atoms with Crippen molar-refractivity contribution in [3.8, 4) is 0 Å². The molecular formula is C15H23N3O5S. The Bertz CT molecular complexity index is 661. The molecular weight excluding hydrogens is 334 g/mol. The minimum atomic E-state index is -3.81. The first-order chi connectivity index (χ1) is 11.1. The topological polar surface area (TPSA) is 117 Å². The van der Waals surface area contributed by atoms with Gasteiger partial charge in [-0.05, 0) is 24.5 Å². The maximum Gasteiger partial charge on any atom is 0.308 e. The SMILES string of the molecule is CC(C)CC(CNC(=O)CN(C)S(=O)(=O)c1cccnc1)C(=O)O. The zero-order valence-electron chi connectivity index (χ0n) is 14.0. The molecule has 0 saturated carbocycles. The summed E-state index contributed by atoms with van der Waals surface area (Å²) < 4.78 is 25.4. The average Bonchev–Trinajstić information content (AvgIpc) is 2.51. The minimum absolute atomic E-state index is 0.0106. The Hall–Kier alpha value is -2.00. The molecule has 0 aliphatic heterocycles. The molecule has 24 heavy (non-hydrogen) atoms. The lowest BCUT2D eigenvalue weighted by Crippen LogP contribution is -2.41. The summed E-state index contributed by atoms with van der Waals surface area (Å²) in [5, 5.41) is 11.6. The second-order valence-corrected chi connectivity index (χ2v) is 7.96. The molecule has 8 nitrogen and oxygen atoms in total. The van der Waals surface area contributed by atoms with Crippen LogP contribution in [-0.2, 0) is 19.6 Å². The van der Waals surface area contributed by atoms with E-state index in [-0.39, 0.29) is 17.4 Å². The predicted molar refractivity (Wildman–Crippen MR) is 87.6 cm³/mol. The molecule has 0 radical (unpaired) electrons. The molecule has 0 aromatic carbocycles. The number of aromatic nitrogens is 1. The van der Waals surface area contributed by atoms with Gasteiger partial charge in [-0.15, -0.1) is 0 Å². The number of rotatable bonds is 9. The van der Waals surface area contributed by atoms with Gasteiger partial charge in [0, 0.05) is 26.0 Å². The van der Waals surface area contributed by atoms with Crippen molar-refractivity contribution < 1.29 is 23.1 Å². The van der Waals surface area contributed by atoms with Gasteiger partial charge in [-0.3, -0.25) is 14.6 Å². The number of hydrogen-bond donors (Lipinski definition) is 2. The maximum atomic E-state index is 12.3. The molecule has 1 atom stereocenters. The van der Waals surface area contributed by atoms with E-state index in [0.29, 0.717) is 6.42 Å². The van der Waals surface area contributed by atoms with E-state index in [1.165, 1.54) is 31.6 Å². The fourth-order valence-electron chi connectivity index (χ4n) is 2.10. The molecule has 1 unspecified atom stereocenters. The number of carbonyl (C=O) groups is 2. The van der Waals surface area contributed by atoms with Crippen LogP contribution in [0.5, 0.6) is 0 Å². The monoisotopic (exact) mass is 357 g/mol. The Kier molecular flexibility index (Phi) is 7.30. The van der Waals surface area contributed by atoms with Gasteiger partial charge in [0.2, 0.25) is 15.9 Å². The third-order valence-electron chi connectivity index (χ3n) is 3.36. The summed E-state index contributed by atoms with van der Waals surface area (Å²) in [6, 6.07) is 2.88. The third-order valence-corrected chi connectivity index (χ3v) is 5.15. The Balaban J connectivity index is 2.62. The molecule has 0 aliphatic carbocycles. The van der Waals surface area contributed by atoms with Gasteiger partial charge in [-0.25, -0.2) is 8.42 Å². The first kappa shape index (κ1) is 20.0. The molecule has 0 aliphatic rings. The average molecular weight is 357 g/mol. The van der Waals surface area contributed by atoms with Gasteiger partial charge in [0.1, 0.15) is 4.90 Å². The standard InChI is InChI=1S/C15H23N3O5S/c1-11(2)7-12(15(20)21)8-17-14(19)10-18(3)24(22,23)13-5-4-6-16-9-13/h4-6,9,11-12H,7-8,10H2,1-3H3,(H,17,19)(H,20,21). The van der Waals surface area contributed by atoms with E-state index >= 15 is 0 Å². The van der Waals surface area contributed by atoms with Crippen molar-refractivity contribution in [3.63, 3.8) is 0 Å². The summed E-state index contributed by atoms with van der Waals surface area (Å²) in [6.07, 6.45) is 3.08. The minimum Gasteiger partial charge on any atom is -0.481 e. The molecule has 0 saturated heterocycles. The first-order valence-electron chi connectivity index (χ1n) is 7.50. The highest BCUT2D eigenvalue weighted by Gasteiger charge is 2.24. The molecule has 0 fully saturated rings. The fourth-order valence-corrected chi connectivity index (χ4v) is 3.19. The van der Waals surface area contributed by atoms with E-state index in [1.807, 2.05) is 13.8 Å². The fraction of sp³-hybridized carbons (Fsp3) is 0.533. The Morgan fingerprint density at radius 3 is 2.54 bits per heavy atom. The molecule has 9 heteroatoms. The van der Waals surface area contributed by atoms with Crippen molar-refractivity contribution >= 4 is 21.9 Å². The highest BCUT2D eigenvalue weighted by atomic mass is 32.2. The van der Waals surface area contributed by atoms with E-state index in [9.17, 15) is 18.0 Å². The van der Waals surface area contributed by atoms with Crippen molar-refractivity contribution in [3.05, 3.63) is 24.5 Å². The second kappa shape index (κ2) is 8.74. The van der Waals surface area contributed by atoms with Crippen molar-refractivity contribution in [2.45, 2.75) is 25.2 Å². The van der Waals surface area contributed by atoms with Gasteiger partial charge in [0.25, 0.3) is 0 Å². The zero-order chi connectivity index (χ0) is 18.3. The molecule has 1 aromatic rings. The summed E-state index contributed by atoms with van der Waals surface area (Å²) in [5.74, 6) is -2.06. The number of hydrogen-bond acceptors (Lipinski definition) is 5. The second-order valence-electron chi connectivity index (χ2n) is 5.92. The van der Waals surface area contributed by atoms with Crippen LogP contribution in [0.3, 0.4) is 0 Å². The van der Waals surface area contributed by atoms with Crippen molar-refractivity contribution in [2.75, 3.05) is 20.1 Å². The normalized spacial score (nSPS) is 13.0. The molecule has 1 heterocycles. The predicted octanol–water partition coefficient (Wildman–Crippen LogP) is 0.565. The number of carbonyl (C=O) groups excluding carboxylic acids is 1. The van der Waals surface area contributed by atoms with E-state index in [2.05, 4.69) is 10.3 Å². The smallest absolute Gasteiger partial charge is 0.308 e. The summed E-state index contributed by atoms with van der Waals surface area (Å²) in [6.45, 7) is 3.36. The van der Waals surface area contributed by atoms with Crippen LogP contribution in [0, 0.1) is 11.8 Å². The number of carboxylic acids is 1. The van der Waals surface area contributed by atoms with Gasteiger partial charge in [-0.2, -0.15) is 4.31 Å². The van der Waals surface area contributed by atoms with Crippen LogP contribution in [0.2, 0.25) is 0 Å². The molecule has 1 rings (SSSR count). The number of amides is 1.